The van der Waals surface area contributed by atoms with Crippen molar-refractivity contribution >= 4 is 69.1 Å². The Kier molecular flexibility index (Phi) is 26.4. The third-order valence-electron chi connectivity index (χ3n) is 11.4. The predicted octanol–water partition coefficient (Wildman–Crippen LogP) is 5.56. The van der Waals surface area contributed by atoms with Gasteiger partial charge in [0.25, 0.3) is 0 Å². The van der Waals surface area contributed by atoms with Crippen molar-refractivity contribution in [3.05, 3.63) is 12.7 Å². The lowest BCUT2D eigenvalue weighted by Crippen LogP contribution is -2.46. The molecule has 2 aromatic rings. The fourth-order valence-corrected chi connectivity index (χ4v) is 11.0. The number of anilines is 1. The molecule has 0 bridgehead atoms. The minimum atomic E-state index is -5.58. The number of amides is 2. The number of nitrogens with zero attached hydrogens (tertiary/aromatic N) is 4. The Morgan fingerprint density at radius 3 is 2.12 bits per heavy atom. The second-order valence-corrected chi connectivity index (χ2v) is 23.4. The first-order valence-corrected chi connectivity index (χ1v) is 29.0. The number of unbranched alkanes of at least 4 members (excludes halogenated alkanes) is 11. The second-order valence-electron chi connectivity index (χ2n) is 18.0. The van der Waals surface area contributed by atoms with E-state index in [0.717, 1.165) is 54.2 Å². The van der Waals surface area contributed by atoms with Crippen molar-refractivity contribution in [3.8, 4) is 0 Å². The maximum Gasteiger partial charge on any atom is 0.481 e. The van der Waals surface area contributed by atoms with Gasteiger partial charge in [0.2, 0.25) is 11.8 Å². The van der Waals surface area contributed by atoms with Crippen LogP contribution in [0.15, 0.2) is 12.7 Å². The summed E-state index contributed by atoms with van der Waals surface area (Å²) in [6, 6.07) is 0. The number of hydrogen-bond donors (Lipinski definition) is 9. The predicted molar refractivity (Wildman–Crippen MR) is 256 cm³/mol. The van der Waals surface area contributed by atoms with Crippen molar-refractivity contribution < 1.29 is 80.5 Å². The number of ether oxygens (including phenoxy) is 1. The highest BCUT2D eigenvalue weighted by atomic mass is 32.2. The molecule has 24 nitrogen and oxygen atoms in total. The molecule has 1 aliphatic rings. The molecule has 3 rings (SSSR count). The Balaban J connectivity index is 1.29. The number of nitrogens with one attached hydrogen (secondary N) is 2. The first-order chi connectivity index (χ1) is 32.4. The van der Waals surface area contributed by atoms with E-state index in [2.05, 4.69) is 48.3 Å². The number of aliphatic hydroxyl groups is 2. The normalized spacial score (nSPS) is 20.3. The van der Waals surface area contributed by atoms with Crippen LogP contribution in [0.1, 0.15) is 143 Å². The van der Waals surface area contributed by atoms with Gasteiger partial charge in [-0.25, -0.2) is 28.6 Å². The quantitative estimate of drug-likeness (QED) is 0.0298. The first-order valence-electron chi connectivity index (χ1n) is 23.5. The standard InChI is InChI=1S/C41H74N7O17P3S/c1-5-6-7-8-9-10-11-12-15-18-29(2)19-16-13-14-17-20-32(50)69-24-23-43-31(49)21-22-44-39(53)36(52)41(3,4)26-62-68(59,60)65-67(57,58)61-25-30-35(64-66(54,55)56)34(51)40(63-30)48-28-47-33-37(42)45-27-46-38(33)48/h27-30,34-36,40,51-52H,5-26H2,1-4H3,(H,43,49)(H,44,53)(H,57,58)(H,59,60)(H2,42,45,46)(H2,54,55,56). The van der Waals surface area contributed by atoms with E-state index in [1.807, 2.05) is 0 Å². The van der Waals surface area contributed by atoms with Gasteiger partial charge in [-0.15, -0.1) is 0 Å². The van der Waals surface area contributed by atoms with Crippen LogP contribution in [0.25, 0.3) is 11.2 Å². The molecule has 0 saturated carbocycles. The number of nitrogen functional groups attached to an aromatic ring is 1. The maximum absolute atomic E-state index is 12.8. The van der Waals surface area contributed by atoms with Crippen molar-refractivity contribution in [2.45, 2.75) is 167 Å². The SMILES string of the molecule is CCCCCCCCCCCC(C)CCCCCCC(=O)SCCNC(=O)CCNC(=O)C(O)C(C)(C)COP(=O)(O)OP(=O)(O)OCC1OC(n2cnc3c(N)ncnc32)C(O)C1OP(=O)(O)O. The molecule has 28 heteroatoms. The minimum absolute atomic E-state index is 0.0340. The number of nitrogens with two attached hydrogens (primary N) is 1. The lowest BCUT2D eigenvalue weighted by Gasteiger charge is -2.30. The molecule has 1 aliphatic heterocycles. The van der Waals surface area contributed by atoms with Crippen LogP contribution in [0.3, 0.4) is 0 Å². The summed E-state index contributed by atoms with van der Waals surface area (Å²) in [5, 5.41) is 26.7. The first kappa shape index (κ1) is 60.9. The molecule has 0 radical (unpaired) electrons. The lowest BCUT2D eigenvalue weighted by atomic mass is 9.87. The molecule has 2 amide bonds. The van der Waals surface area contributed by atoms with Crippen LogP contribution in [0, 0.1) is 11.3 Å². The number of carbonyl (C=O) groups is 3. The van der Waals surface area contributed by atoms with Gasteiger partial charge in [-0.3, -0.25) is 32.5 Å². The van der Waals surface area contributed by atoms with Crippen molar-refractivity contribution in [3.63, 3.8) is 0 Å². The fraction of sp³-hybridized carbons (Fsp3) is 0.805. The molecule has 0 aromatic carbocycles. The van der Waals surface area contributed by atoms with E-state index in [0.29, 0.717) is 12.2 Å². The van der Waals surface area contributed by atoms with Gasteiger partial charge in [0, 0.05) is 37.1 Å². The zero-order valence-corrected chi connectivity index (χ0v) is 43.5. The van der Waals surface area contributed by atoms with Crippen LogP contribution < -0.4 is 16.4 Å². The van der Waals surface area contributed by atoms with E-state index in [4.69, 9.17) is 19.5 Å². The van der Waals surface area contributed by atoms with Gasteiger partial charge in [-0.2, -0.15) is 4.31 Å². The molecule has 8 atom stereocenters. The van der Waals surface area contributed by atoms with Gasteiger partial charge in [0.1, 0.15) is 36.3 Å². The van der Waals surface area contributed by atoms with Crippen molar-refractivity contribution in [1.82, 2.24) is 30.2 Å². The van der Waals surface area contributed by atoms with E-state index in [9.17, 15) is 57.9 Å². The van der Waals surface area contributed by atoms with Crippen molar-refractivity contribution in [1.29, 1.82) is 0 Å². The Morgan fingerprint density at radius 1 is 0.870 bits per heavy atom. The number of rotatable bonds is 36. The Morgan fingerprint density at radius 2 is 1.48 bits per heavy atom. The third kappa shape index (κ3) is 22.9. The molecule has 0 spiro atoms. The minimum Gasteiger partial charge on any atom is -0.386 e. The largest absolute Gasteiger partial charge is 0.481 e. The number of imidazole rings is 1. The van der Waals surface area contributed by atoms with Crippen molar-refractivity contribution in [2.24, 2.45) is 11.3 Å². The Hall–Kier alpha value is -2.44. The molecule has 1 fully saturated rings. The number of aliphatic hydroxyl groups excluding tert-OH is 2. The van der Waals surface area contributed by atoms with Crippen LogP contribution in [-0.4, -0.2) is 123 Å². The van der Waals surface area contributed by atoms with Crippen LogP contribution in [-0.2, 0) is 50.7 Å². The second kappa shape index (κ2) is 29.9. The summed E-state index contributed by atoms with van der Waals surface area (Å²) >= 11 is 1.16. The fourth-order valence-electron chi connectivity index (χ4n) is 7.43. The zero-order chi connectivity index (χ0) is 51.3. The van der Waals surface area contributed by atoms with E-state index in [1.165, 1.54) is 90.9 Å². The van der Waals surface area contributed by atoms with Gasteiger partial charge in [0.05, 0.1) is 19.5 Å². The average molecular weight is 1060 g/mol. The van der Waals surface area contributed by atoms with Crippen LogP contribution in [0.5, 0.6) is 0 Å². The summed E-state index contributed by atoms with van der Waals surface area (Å²) in [6.07, 6.45) is 12.4. The number of carbonyl (C=O) groups excluding carboxylic acids is 3. The monoisotopic (exact) mass is 1060 g/mol. The summed E-state index contributed by atoms with van der Waals surface area (Å²) in [5.41, 5.74) is 4.29. The molecule has 10 N–H and O–H groups in total. The Bertz CT molecular complexity index is 2050. The molecule has 396 valence electrons. The summed E-state index contributed by atoms with van der Waals surface area (Å²) in [4.78, 5) is 88.5. The smallest absolute Gasteiger partial charge is 0.386 e. The average Bonchev–Trinajstić information content (AvgIpc) is 3.83. The van der Waals surface area contributed by atoms with Gasteiger partial charge >= 0.3 is 23.5 Å². The Labute approximate surface area is 407 Å². The van der Waals surface area contributed by atoms with E-state index >= 15 is 0 Å². The highest BCUT2D eigenvalue weighted by molar-refractivity contribution is 8.13. The number of phosphoric ester groups is 3. The maximum atomic E-state index is 12.8. The number of thioether (sulfide) groups is 1. The number of fused-ring (bicyclic) bond motifs is 1. The van der Waals surface area contributed by atoms with Gasteiger partial charge < -0.3 is 50.9 Å². The van der Waals surface area contributed by atoms with Gasteiger partial charge in [-0.1, -0.05) is 129 Å². The molecule has 8 unspecified atom stereocenters. The topological polar surface area (TPSA) is 364 Å². The van der Waals surface area contributed by atoms with E-state index in [-0.39, 0.29) is 41.6 Å². The molecule has 2 aromatic heterocycles. The number of hydrogen-bond acceptors (Lipinski definition) is 18. The van der Waals surface area contributed by atoms with E-state index in [1.54, 1.807) is 0 Å². The number of aromatic nitrogens is 4. The number of phosphoric acid groups is 3. The molecular weight excluding hydrogens is 987 g/mol. The summed E-state index contributed by atoms with van der Waals surface area (Å²) in [5.74, 6) is -0.282. The molecule has 3 heterocycles. The molecule has 1 saturated heterocycles. The van der Waals surface area contributed by atoms with Gasteiger partial charge in [-0.05, 0) is 12.3 Å². The molecule has 0 aliphatic carbocycles. The van der Waals surface area contributed by atoms with Crippen LogP contribution in [0.2, 0.25) is 0 Å². The third-order valence-corrected chi connectivity index (χ3v) is 15.4. The van der Waals surface area contributed by atoms with Crippen LogP contribution >= 0.6 is 35.2 Å². The van der Waals surface area contributed by atoms with Crippen molar-refractivity contribution in [2.75, 3.05) is 37.8 Å². The van der Waals surface area contributed by atoms with E-state index < -0.39 is 84.6 Å². The zero-order valence-electron chi connectivity index (χ0n) is 40.0. The van der Waals surface area contributed by atoms with Crippen LogP contribution in [0.4, 0.5) is 5.82 Å². The molecule has 69 heavy (non-hydrogen) atoms. The molecular formula is C41H74N7O17P3S. The highest BCUT2D eigenvalue weighted by Gasteiger charge is 2.50. The van der Waals surface area contributed by atoms with Gasteiger partial charge in [0.15, 0.2) is 22.8 Å². The summed E-state index contributed by atoms with van der Waals surface area (Å²) < 4.78 is 62.5. The highest BCUT2D eigenvalue weighted by Crippen LogP contribution is 2.61. The summed E-state index contributed by atoms with van der Waals surface area (Å²) in [6.45, 7) is 5.16. The lowest BCUT2D eigenvalue weighted by molar-refractivity contribution is -0.137. The summed E-state index contributed by atoms with van der Waals surface area (Å²) in [7, 11) is -16.4.